The molecule has 0 radical (unpaired) electrons. The molecule has 0 aliphatic heterocycles. The number of nitrogens with two attached hydrogens (primary N) is 1. The molecular weight excluding hydrogens is 208 g/mol. The maximum absolute atomic E-state index is 11.5. The van der Waals surface area contributed by atoms with Crippen LogP contribution in [0.4, 0.5) is 4.79 Å². The van der Waals surface area contributed by atoms with Crippen molar-refractivity contribution in [1.82, 2.24) is 15.3 Å². The lowest BCUT2D eigenvalue weighted by atomic mass is 10.1. The summed E-state index contributed by atoms with van der Waals surface area (Å²) < 4.78 is 5.03. The first-order chi connectivity index (χ1) is 7.44. The van der Waals surface area contributed by atoms with Crippen molar-refractivity contribution >= 4 is 6.09 Å². The third-order valence-corrected chi connectivity index (χ3v) is 1.99. The van der Waals surface area contributed by atoms with Gasteiger partial charge < -0.3 is 15.8 Å². The van der Waals surface area contributed by atoms with E-state index in [1.165, 1.54) is 6.33 Å². The van der Waals surface area contributed by atoms with Crippen LogP contribution >= 0.6 is 0 Å². The molecule has 1 aromatic heterocycles. The molecule has 0 saturated heterocycles. The molecule has 0 unspecified atom stereocenters. The molecule has 3 N–H and O–H groups in total. The first-order valence-corrected chi connectivity index (χ1v) is 4.91. The summed E-state index contributed by atoms with van der Waals surface area (Å²) in [5.74, 6) is 0.250. The summed E-state index contributed by atoms with van der Waals surface area (Å²) in [5, 5.41) is 2.64. The van der Waals surface area contributed by atoms with E-state index in [9.17, 15) is 4.79 Å². The highest BCUT2D eigenvalue weighted by atomic mass is 16.6. The third kappa shape index (κ3) is 3.47. The Balaban J connectivity index is 2.62. The predicted octanol–water partition coefficient (Wildman–Crippen LogP) is 0.611. The van der Waals surface area contributed by atoms with Gasteiger partial charge in [-0.3, -0.25) is 0 Å². The van der Waals surface area contributed by atoms with Gasteiger partial charge in [0.15, 0.2) is 0 Å². The van der Waals surface area contributed by atoms with Crippen LogP contribution in [0.5, 0.6) is 5.88 Å². The van der Waals surface area contributed by atoms with Gasteiger partial charge in [0.25, 0.3) is 0 Å². The van der Waals surface area contributed by atoms with Gasteiger partial charge in [-0.1, -0.05) is 0 Å². The van der Waals surface area contributed by atoms with Crippen LogP contribution in [0.3, 0.4) is 0 Å². The quantitative estimate of drug-likeness (QED) is 0.785. The van der Waals surface area contributed by atoms with Crippen LogP contribution in [0.15, 0.2) is 12.5 Å². The number of hydrogen-bond donors (Lipinski definition) is 2. The van der Waals surface area contributed by atoms with Crippen molar-refractivity contribution in [3.63, 3.8) is 0 Å². The first kappa shape index (κ1) is 12.4. The number of hydrogen-bond acceptors (Lipinski definition) is 5. The molecule has 0 aliphatic rings. The molecule has 0 aliphatic carbocycles. The molecule has 0 spiro atoms. The largest absolute Gasteiger partial charge is 0.414 e. The molecule has 0 atom stereocenters. The maximum Gasteiger partial charge on any atom is 0.414 e. The monoisotopic (exact) mass is 224 g/mol. The van der Waals surface area contributed by atoms with Crippen molar-refractivity contribution in [3.05, 3.63) is 18.1 Å². The van der Waals surface area contributed by atoms with Gasteiger partial charge in [-0.15, -0.1) is 0 Å². The second kappa shape index (κ2) is 4.89. The second-order valence-corrected chi connectivity index (χ2v) is 4.11. The van der Waals surface area contributed by atoms with Gasteiger partial charge in [-0.25, -0.2) is 14.8 Å². The van der Waals surface area contributed by atoms with Gasteiger partial charge in [0.1, 0.15) is 6.33 Å². The van der Waals surface area contributed by atoms with E-state index in [2.05, 4.69) is 15.3 Å². The minimum atomic E-state index is -0.572. The summed E-state index contributed by atoms with van der Waals surface area (Å²) >= 11 is 0. The van der Waals surface area contributed by atoms with Crippen LogP contribution in [0.2, 0.25) is 0 Å². The molecular formula is C10H16N4O2. The number of ether oxygens (including phenoxy) is 1. The van der Waals surface area contributed by atoms with E-state index in [-0.39, 0.29) is 5.88 Å². The fourth-order valence-corrected chi connectivity index (χ4v) is 0.935. The molecule has 0 fully saturated rings. The Kier molecular flexibility index (Phi) is 3.78. The van der Waals surface area contributed by atoms with Crippen LogP contribution < -0.4 is 15.8 Å². The van der Waals surface area contributed by atoms with Crippen molar-refractivity contribution in [2.24, 2.45) is 5.73 Å². The van der Waals surface area contributed by atoms with Gasteiger partial charge >= 0.3 is 6.09 Å². The van der Waals surface area contributed by atoms with Gasteiger partial charge in [0.05, 0.1) is 0 Å². The molecule has 0 aromatic carbocycles. The zero-order valence-corrected chi connectivity index (χ0v) is 9.65. The fourth-order valence-electron chi connectivity index (χ4n) is 0.935. The Morgan fingerprint density at radius 3 is 2.88 bits per heavy atom. The van der Waals surface area contributed by atoms with Gasteiger partial charge in [-0.05, 0) is 20.8 Å². The minimum absolute atomic E-state index is 0.250. The Labute approximate surface area is 94.2 Å². The summed E-state index contributed by atoms with van der Waals surface area (Å²) in [6, 6.07) is 0. The van der Waals surface area contributed by atoms with E-state index in [1.807, 2.05) is 0 Å². The van der Waals surface area contributed by atoms with Crippen LogP contribution in [-0.4, -0.2) is 28.1 Å². The lowest BCUT2D eigenvalue weighted by Crippen LogP contribution is -2.49. The van der Waals surface area contributed by atoms with Crippen LogP contribution in [-0.2, 0) is 0 Å². The predicted molar refractivity (Wildman–Crippen MR) is 59.1 cm³/mol. The van der Waals surface area contributed by atoms with Gasteiger partial charge in [0, 0.05) is 23.8 Å². The summed E-state index contributed by atoms with van der Waals surface area (Å²) in [4.78, 5) is 19.1. The third-order valence-electron chi connectivity index (χ3n) is 1.99. The van der Waals surface area contributed by atoms with Gasteiger partial charge in [0.2, 0.25) is 5.88 Å². The Morgan fingerprint density at radius 2 is 2.31 bits per heavy atom. The van der Waals surface area contributed by atoms with Crippen LogP contribution in [0.25, 0.3) is 0 Å². The molecule has 88 valence electrons. The molecule has 16 heavy (non-hydrogen) atoms. The maximum atomic E-state index is 11.5. The number of amides is 1. The minimum Gasteiger partial charge on any atom is -0.391 e. The molecule has 1 rings (SSSR count). The number of nitrogens with zero attached hydrogens (tertiary/aromatic N) is 2. The summed E-state index contributed by atoms with van der Waals surface area (Å²) in [5.41, 5.74) is 5.68. The highest BCUT2D eigenvalue weighted by Crippen LogP contribution is 2.11. The summed E-state index contributed by atoms with van der Waals surface area (Å²) in [6.45, 7) is 5.70. The van der Waals surface area contributed by atoms with Crippen LogP contribution in [0, 0.1) is 6.92 Å². The van der Waals surface area contributed by atoms with E-state index >= 15 is 0 Å². The molecule has 1 heterocycles. The molecule has 0 bridgehead atoms. The summed E-state index contributed by atoms with van der Waals surface area (Å²) in [7, 11) is 0. The fraction of sp³-hybridized carbons (Fsp3) is 0.500. The molecule has 0 saturated carbocycles. The number of carbonyl (C=O) groups is 1. The van der Waals surface area contributed by atoms with E-state index < -0.39 is 11.6 Å². The Morgan fingerprint density at radius 1 is 1.62 bits per heavy atom. The molecule has 1 amide bonds. The van der Waals surface area contributed by atoms with Crippen molar-refractivity contribution in [1.29, 1.82) is 0 Å². The zero-order chi connectivity index (χ0) is 12.2. The van der Waals surface area contributed by atoms with E-state index in [0.29, 0.717) is 12.1 Å². The molecule has 6 heteroatoms. The van der Waals surface area contributed by atoms with E-state index in [4.69, 9.17) is 10.5 Å². The lowest BCUT2D eigenvalue weighted by molar-refractivity contribution is 0.187. The van der Waals surface area contributed by atoms with Crippen molar-refractivity contribution in [3.8, 4) is 5.88 Å². The average molecular weight is 224 g/mol. The van der Waals surface area contributed by atoms with E-state index in [1.54, 1.807) is 27.0 Å². The number of nitrogens with one attached hydrogen (secondary N) is 1. The Hall–Kier alpha value is -1.69. The average Bonchev–Trinajstić information content (AvgIpc) is 2.21. The first-order valence-electron chi connectivity index (χ1n) is 4.91. The van der Waals surface area contributed by atoms with Crippen molar-refractivity contribution < 1.29 is 9.53 Å². The smallest absolute Gasteiger partial charge is 0.391 e. The number of aryl methyl sites for hydroxylation is 1. The normalized spacial score (nSPS) is 11.0. The zero-order valence-electron chi connectivity index (χ0n) is 9.65. The standard InChI is InChI=1S/C10H16N4O2/c1-7-4-12-6-13-8(7)16-9(15)14-10(2,3)5-11/h4,6H,5,11H2,1-3H3,(H,14,15). The lowest BCUT2D eigenvalue weighted by Gasteiger charge is -2.23. The van der Waals surface area contributed by atoms with Gasteiger partial charge in [-0.2, -0.15) is 0 Å². The van der Waals surface area contributed by atoms with Crippen LogP contribution in [0.1, 0.15) is 19.4 Å². The van der Waals surface area contributed by atoms with Crippen molar-refractivity contribution in [2.75, 3.05) is 6.54 Å². The topological polar surface area (TPSA) is 90.1 Å². The number of aromatic nitrogens is 2. The highest BCUT2D eigenvalue weighted by Gasteiger charge is 2.20. The SMILES string of the molecule is Cc1cncnc1OC(=O)NC(C)(C)CN. The highest BCUT2D eigenvalue weighted by molar-refractivity contribution is 5.71. The Bertz CT molecular complexity index is 379. The molecule has 1 aromatic rings. The van der Waals surface area contributed by atoms with Crippen molar-refractivity contribution in [2.45, 2.75) is 26.3 Å². The summed E-state index contributed by atoms with van der Waals surface area (Å²) in [6.07, 6.45) is 2.32. The number of rotatable bonds is 3. The second-order valence-electron chi connectivity index (χ2n) is 4.11. The van der Waals surface area contributed by atoms with E-state index in [0.717, 1.165) is 0 Å². The number of carbonyl (C=O) groups excluding carboxylic acids is 1. The molecule has 6 nitrogen and oxygen atoms in total.